The van der Waals surface area contributed by atoms with E-state index in [9.17, 15) is 14.4 Å². The van der Waals surface area contributed by atoms with Crippen molar-refractivity contribution in [3.63, 3.8) is 0 Å². The third kappa shape index (κ3) is 2.10. The standard InChI is InChI=1S/C13H12BrNO3/c1-2-4-8(16)7-15-11-9(12(17)13(15)18)5-3-6-10(11)14/h3,5-6H,2,4,7H2,1H3. The second kappa shape index (κ2) is 5.02. The van der Waals surface area contributed by atoms with Gasteiger partial charge in [-0.2, -0.15) is 0 Å². The van der Waals surface area contributed by atoms with Gasteiger partial charge in [-0.3, -0.25) is 19.3 Å². The van der Waals surface area contributed by atoms with Gasteiger partial charge in [0, 0.05) is 10.9 Å². The van der Waals surface area contributed by atoms with Gasteiger partial charge in [0.15, 0.2) is 5.78 Å². The van der Waals surface area contributed by atoms with Gasteiger partial charge in [0.1, 0.15) is 0 Å². The summed E-state index contributed by atoms with van der Waals surface area (Å²) in [5, 5.41) is 0. The summed E-state index contributed by atoms with van der Waals surface area (Å²) >= 11 is 3.31. The van der Waals surface area contributed by atoms with Gasteiger partial charge in [0.2, 0.25) is 0 Å². The molecule has 0 atom stereocenters. The number of ketones is 2. The number of halogens is 1. The zero-order valence-electron chi connectivity index (χ0n) is 9.90. The Morgan fingerprint density at radius 1 is 1.33 bits per heavy atom. The third-order valence-corrected chi connectivity index (χ3v) is 3.44. The lowest BCUT2D eigenvalue weighted by molar-refractivity contribution is -0.120. The first kappa shape index (κ1) is 13.0. The largest absolute Gasteiger partial charge is 0.299 e. The Morgan fingerprint density at radius 3 is 2.72 bits per heavy atom. The molecule has 4 nitrogen and oxygen atoms in total. The van der Waals surface area contributed by atoms with Crippen LogP contribution in [0.5, 0.6) is 0 Å². The van der Waals surface area contributed by atoms with E-state index in [2.05, 4.69) is 15.9 Å². The Balaban J connectivity index is 2.36. The van der Waals surface area contributed by atoms with Crippen molar-refractivity contribution in [2.75, 3.05) is 11.4 Å². The Bertz CT molecular complexity index is 539. The van der Waals surface area contributed by atoms with Gasteiger partial charge in [0.05, 0.1) is 17.8 Å². The van der Waals surface area contributed by atoms with E-state index in [0.29, 0.717) is 22.1 Å². The highest BCUT2D eigenvalue weighted by Gasteiger charge is 2.37. The summed E-state index contributed by atoms with van der Waals surface area (Å²) in [4.78, 5) is 36.5. The molecule has 0 aromatic heterocycles. The first-order chi connectivity index (χ1) is 8.56. The van der Waals surface area contributed by atoms with Gasteiger partial charge in [-0.15, -0.1) is 0 Å². The molecule has 0 bridgehead atoms. The van der Waals surface area contributed by atoms with Crippen LogP contribution in [-0.4, -0.2) is 24.0 Å². The molecule has 18 heavy (non-hydrogen) atoms. The van der Waals surface area contributed by atoms with E-state index in [1.807, 2.05) is 6.92 Å². The average Bonchev–Trinajstić information content (AvgIpc) is 2.56. The van der Waals surface area contributed by atoms with Crippen molar-refractivity contribution in [2.24, 2.45) is 0 Å². The van der Waals surface area contributed by atoms with Crippen LogP contribution in [-0.2, 0) is 9.59 Å². The number of amides is 1. The van der Waals surface area contributed by atoms with E-state index in [1.54, 1.807) is 18.2 Å². The number of carbonyl (C=O) groups excluding carboxylic acids is 3. The van der Waals surface area contributed by atoms with Crippen molar-refractivity contribution >= 4 is 39.1 Å². The van der Waals surface area contributed by atoms with E-state index in [0.717, 1.165) is 6.42 Å². The summed E-state index contributed by atoms with van der Waals surface area (Å²) in [6.07, 6.45) is 1.15. The second-order valence-electron chi connectivity index (χ2n) is 4.15. The van der Waals surface area contributed by atoms with E-state index in [4.69, 9.17) is 0 Å². The van der Waals surface area contributed by atoms with Gasteiger partial charge in [-0.25, -0.2) is 0 Å². The Hall–Kier alpha value is -1.49. The molecule has 5 heteroatoms. The molecule has 1 aliphatic heterocycles. The fourth-order valence-electron chi connectivity index (χ4n) is 2.00. The normalized spacial score (nSPS) is 14.0. The molecule has 1 heterocycles. The molecule has 0 spiro atoms. The van der Waals surface area contributed by atoms with Gasteiger partial charge in [0.25, 0.3) is 11.7 Å². The number of carbonyl (C=O) groups is 3. The van der Waals surface area contributed by atoms with E-state index < -0.39 is 11.7 Å². The van der Waals surface area contributed by atoms with Crippen LogP contribution in [0.15, 0.2) is 22.7 Å². The SMILES string of the molecule is CCCC(=O)CN1C(=O)C(=O)c2cccc(Br)c21. The molecule has 0 saturated carbocycles. The molecule has 2 rings (SSSR count). The number of fused-ring (bicyclic) bond motifs is 1. The Labute approximate surface area is 113 Å². The predicted molar refractivity (Wildman–Crippen MR) is 70.7 cm³/mol. The fourth-order valence-corrected chi connectivity index (χ4v) is 2.58. The summed E-state index contributed by atoms with van der Waals surface area (Å²) < 4.78 is 0.656. The first-order valence-electron chi connectivity index (χ1n) is 5.72. The summed E-state index contributed by atoms with van der Waals surface area (Å²) in [5.41, 5.74) is 0.871. The second-order valence-corrected chi connectivity index (χ2v) is 5.00. The van der Waals surface area contributed by atoms with Gasteiger partial charge in [-0.1, -0.05) is 13.0 Å². The van der Waals surface area contributed by atoms with Crippen molar-refractivity contribution in [3.8, 4) is 0 Å². The minimum Gasteiger partial charge on any atom is -0.298 e. The highest BCUT2D eigenvalue weighted by atomic mass is 79.9. The maximum absolute atomic E-state index is 11.9. The van der Waals surface area contributed by atoms with Crippen molar-refractivity contribution in [3.05, 3.63) is 28.2 Å². The molecule has 0 saturated heterocycles. The molecule has 0 aliphatic carbocycles. The lowest BCUT2D eigenvalue weighted by atomic mass is 10.1. The smallest absolute Gasteiger partial charge is 0.298 e. The maximum atomic E-state index is 11.9. The van der Waals surface area contributed by atoms with E-state index in [1.165, 1.54) is 4.90 Å². The number of benzene rings is 1. The zero-order valence-corrected chi connectivity index (χ0v) is 11.5. The van der Waals surface area contributed by atoms with Crippen LogP contribution in [0, 0.1) is 0 Å². The predicted octanol–water partition coefficient (Wildman–Crippen LogP) is 2.35. The van der Waals surface area contributed by atoms with Crippen LogP contribution < -0.4 is 4.90 Å². The van der Waals surface area contributed by atoms with Crippen molar-refractivity contribution < 1.29 is 14.4 Å². The highest BCUT2D eigenvalue weighted by Crippen LogP contribution is 2.35. The van der Waals surface area contributed by atoms with Gasteiger partial charge >= 0.3 is 0 Å². The molecular formula is C13H12BrNO3. The summed E-state index contributed by atoms with van der Waals surface area (Å²) in [5.74, 6) is -1.21. The molecule has 1 amide bonds. The lowest BCUT2D eigenvalue weighted by Crippen LogP contribution is -2.34. The summed E-state index contributed by atoms with van der Waals surface area (Å²) in [7, 11) is 0. The van der Waals surface area contributed by atoms with Crippen LogP contribution in [0.3, 0.4) is 0 Å². The zero-order chi connectivity index (χ0) is 13.3. The van der Waals surface area contributed by atoms with Gasteiger partial charge < -0.3 is 0 Å². The molecule has 1 aromatic carbocycles. The molecule has 0 N–H and O–H groups in total. The lowest BCUT2D eigenvalue weighted by Gasteiger charge is -2.16. The third-order valence-electron chi connectivity index (χ3n) is 2.80. The van der Waals surface area contributed by atoms with Gasteiger partial charge in [-0.05, 0) is 34.5 Å². The monoisotopic (exact) mass is 309 g/mol. The van der Waals surface area contributed by atoms with E-state index >= 15 is 0 Å². The molecule has 1 aromatic rings. The number of hydrogen-bond donors (Lipinski definition) is 0. The summed E-state index contributed by atoms with van der Waals surface area (Å²) in [6, 6.07) is 5.05. The van der Waals surface area contributed by atoms with Crippen molar-refractivity contribution in [2.45, 2.75) is 19.8 Å². The number of Topliss-reactive ketones (excluding diaryl/α,β-unsaturated/α-hetero) is 2. The minimum absolute atomic E-state index is 0.0337. The first-order valence-corrected chi connectivity index (χ1v) is 6.52. The van der Waals surface area contributed by atoms with Crippen LogP contribution in [0.1, 0.15) is 30.1 Å². The number of anilines is 1. The fraction of sp³-hybridized carbons (Fsp3) is 0.308. The average molecular weight is 310 g/mol. The van der Waals surface area contributed by atoms with Crippen molar-refractivity contribution in [1.82, 2.24) is 0 Å². The van der Waals surface area contributed by atoms with Crippen LogP contribution in [0.4, 0.5) is 5.69 Å². The molecular weight excluding hydrogens is 298 g/mol. The molecule has 1 aliphatic rings. The van der Waals surface area contributed by atoms with Crippen LogP contribution in [0.2, 0.25) is 0 Å². The van der Waals surface area contributed by atoms with E-state index in [-0.39, 0.29) is 12.3 Å². The molecule has 0 fully saturated rings. The minimum atomic E-state index is -0.624. The molecule has 94 valence electrons. The number of nitrogens with zero attached hydrogens (tertiary/aromatic N) is 1. The maximum Gasteiger partial charge on any atom is 0.299 e. The quantitative estimate of drug-likeness (QED) is 0.802. The topological polar surface area (TPSA) is 54.5 Å². The number of rotatable bonds is 4. The van der Waals surface area contributed by atoms with Crippen molar-refractivity contribution in [1.29, 1.82) is 0 Å². The number of para-hydroxylation sites is 1. The highest BCUT2D eigenvalue weighted by molar-refractivity contribution is 9.10. The Kier molecular flexibility index (Phi) is 3.61. The van der Waals surface area contributed by atoms with Crippen LogP contribution in [0.25, 0.3) is 0 Å². The molecule has 0 radical (unpaired) electrons. The molecule has 0 unspecified atom stereocenters. The Morgan fingerprint density at radius 2 is 2.06 bits per heavy atom. The summed E-state index contributed by atoms with van der Waals surface area (Å²) in [6.45, 7) is 1.87. The van der Waals surface area contributed by atoms with Crippen LogP contribution >= 0.6 is 15.9 Å². The number of hydrogen-bond acceptors (Lipinski definition) is 3.